The van der Waals surface area contributed by atoms with E-state index in [1.807, 2.05) is 0 Å². The molecule has 1 nitrogen and oxygen atoms in total. The van der Waals surface area contributed by atoms with Crippen LogP contribution in [0.2, 0.25) is 0 Å². The lowest BCUT2D eigenvalue weighted by molar-refractivity contribution is 0.0848. The van der Waals surface area contributed by atoms with Crippen LogP contribution in [0.5, 0.6) is 0 Å². The van der Waals surface area contributed by atoms with Gasteiger partial charge in [-0.2, -0.15) is 0 Å². The van der Waals surface area contributed by atoms with Gasteiger partial charge in [0.25, 0.3) is 0 Å². The van der Waals surface area contributed by atoms with Gasteiger partial charge >= 0.3 is 0 Å². The zero-order valence-corrected chi connectivity index (χ0v) is 9.59. The van der Waals surface area contributed by atoms with Crippen molar-refractivity contribution in [3.05, 3.63) is 0 Å². The summed E-state index contributed by atoms with van der Waals surface area (Å²) in [6, 6.07) is 0. The Morgan fingerprint density at radius 2 is 1.93 bits per heavy atom. The molecule has 2 heteroatoms. The molecule has 0 N–H and O–H groups in total. The lowest BCUT2D eigenvalue weighted by Crippen LogP contribution is -2.26. The van der Waals surface area contributed by atoms with Gasteiger partial charge in [-0.3, -0.25) is 0 Å². The van der Waals surface area contributed by atoms with Crippen molar-refractivity contribution in [3.63, 3.8) is 0 Å². The van der Waals surface area contributed by atoms with Gasteiger partial charge in [0.15, 0.2) is 0 Å². The van der Waals surface area contributed by atoms with Crippen molar-refractivity contribution in [1.82, 2.24) is 0 Å². The van der Waals surface area contributed by atoms with Crippen molar-refractivity contribution in [3.8, 4) is 0 Å². The standard InChI is InChI=1S/C12H19ClO/c1-14-11(13)7-12-5-8-2-9(6-12)4-10(12)3-8/h8-11H,2-7H2,1H3. The van der Waals surface area contributed by atoms with Gasteiger partial charge in [0.2, 0.25) is 0 Å². The Morgan fingerprint density at radius 3 is 2.50 bits per heavy atom. The Labute approximate surface area is 91.2 Å². The van der Waals surface area contributed by atoms with E-state index in [0.29, 0.717) is 5.41 Å². The van der Waals surface area contributed by atoms with Crippen LogP contribution in [0.25, 0.3) is 0 Å². The van der Waals surface area contributed by atoms with Crippen molar-refractivity contribution >= 4 is 11.6 Å². The fraction of sp³-hybridized carbons (Fsp3) is 1.00. The summed E-state index contributed by atoms with van der Waals surface area (Å²) in [5, 5.41) is 0. The predicted molar refractivity (Wildman–Crippen MR) is 57.3 cm³/mol. The van der Waals surface area contributed by atoms with Gasteiger partial charge in [0.05, 0.1) is 0 Å². The molecule has 4 bridgehead atoms. The van der Waals surface area contributed by atoms with Gasteiger partial charge in [-0.25, -0.2) is 0 Å². The van der Waals surface area contributed by atoms with Crippen LogP contribution in [0, 0.1) is 23.2 Å². The van der Waals surface area contributed by atoms with Crippen LogP contribution in [-0.2, 0) is 4.74 Å². The molecule has 0 aromatic heterocycles. The summed E-state index contributed by atoms with van der Waals surface area (Å²) in [7, 11) is 1.73. The number of alkyl halides is 1. The molecule has 0 saturated heterocycles. The summed E-state index contributed by atoms with van der Waals surface area (Å²) < 4.78 is 5.23. The van der Waals surface area contributed by atoms with Gasteiger partial charge in [-0.05, 0) is 61.7 Å². The quantitative estimate of drug-likeness (QED) is 0.655. The summed E-state index contributed by atoms with van der Waals surface area (Å²) in [6.45, 7) is 0. The van der Waals surface area contributed by atoms with E-state index in [1.54, 1.807) is 7.11 Å². The fourth-order valence-electron chi connectivity index (χ4n) is 4.70. The minimum atomic E-state index is -0.0481. The van der Waals surface area contributed by atoms with E-state index >= 15 is 0 Å². The number of hydrogen-bond donors (Lipinski definition) is 0. The zero-order valence-electron chi connectivity index (χ0n) is 8.84. The smallest absolute Gasteiger partial charge is 0.131 e. The molecular formula is C12H19ClO. The van der Waals surface area contributed by atoms with E-state index in [-0.39, 0.29) is 5.56 Å². The number of hydrogen-bond acceptors (Lipinski definition) is 1. The van der Waals surface area contributed by atoms with Crippen LogP contribution in [0.3, 0.4) is 0 Å². The molecule has 3 atom stereocenters. The second kappa shape index (κ2) is 3.12. The molecule has 14 heavy (non-hydrogen) atoms. The Kier molecular flexibility index (Phi) is 2.11. The highest BCUT2D eigenvalue weighted by molar-refractivity contribution is 6.19. The van der Waals surface area contributed by atoms with Crippen LogP contribution in [-0.4, -0.2) is 12.7 Å². The zero-order chi connectivity index (χ0) is 9.76. The average molecular weight is 215 g/mol. The van der Waals surface area contributed by atoms with Crippen molar-refractivity contribution in [1.29, 1.82) is 0 Å². The minimum absolute atomic E-state index is 0.0481. The van der Waals surface area contributed by atoms with Crippen LogP contribution in [0.15, 0.2) is 0 Å². The van der Waals surface area contributed by atoms with Crippen molar-refractivity contribution < 1.29 is 4.74 Å². The van der Waals surface area contributed by atoms with Crippen LogP contribution < -0.4 is 0 Å². The Morgan fingerprint density at radius 1 is 1.29 bits per heavy atom. The van der Waals surface area contributed by atoms with E-state index in [1.165, 1.54) is 32.1 Å². The third-order valence-electron chi connectivity index (χ3n) is 4.98. The lowest BCUT2D eigenvalue weighted by Gasteiger charge is -2.34. The highest BCUT2D eigenvalue weighted by atomic mass is 35.5. The van der Waals surface area contributed by atoms with Crippen LogP contribution >= 0.6 is 11.6 Å². The minimum Gasteiger partial charge on any atom is -0.366 e. The molecule has 0 radical (unpaired) electrons. The summed E-state index contributed by atoms with van der Waals surface area (Å²) in [5.74, 6) is 3.06. The van der Waals surface area contributed by atoms with Gasteiger partial charge in [-0.15, -0.1) is 0 Å². The van der Waals surface area contributed by atoms with Crippen molar-refractivity contribution in [2.24, 2.45) is 23.2 Å². The molecule has 0 amide bonds. The molecule has 0 spiro atoms. The molecule has 4 fully saturated rings. The summed E-state index contributed by atoms with van der Waals surface area (Å²) in [5.41, 5.74) is 0.545. The summed E-state index contributed by atoms with van der Waals surface area (Å²) in [6.07, 6.45) is 8.48. The molecule has 0 heterocycles. The first-order valence-corrected chi connectivity index (χ1v) is 6.32. The fourth-order valence-corrected chi connectivity index (χ4v) is 5.01. The predicted octanol–water partition coefficient (Wildman–Crippen LogP) is 3.41. The highest BCUT2D eigenvalue weighted by Gasteiger charge is 2.57. The highest BCUT2D eigenvalue weighted by Crippen LogP contribution is 2.67. The molecule has 0 aliphatic heterocycles. The van der Waals surface area contributed by atoms with E-state index in [2.05, 4.69) is 0 Å². The Hall–Kier alpha value is 0.250. The van der Waals surface area contributed by atoms with Gasteiger partial charge in [0, 0.05) is 7.11 Å². The second-order valence-corrected chi connectivity index (χ2v) is 6.24. The number of methoxy groups -OCH3 is 1. The maximum atomic E-state index is 6.15. The van der Waals surface area contributed by atoms with E-state index in [4.69, 9.17) is 16.3 Å². The van der Waals surface area contributed by atoms with E-state index < -0.39 is 0 Å². The molecule has 4 rings (SSSR count). The van der Waals surface area contributed by atoms with Crippen LogP contribution in [0.4, 0.5) is 0 Å². The summed E-state index contributed by atoms with van der Waals surface area (Å²) in [4.78, 5) is 0. The lowest BCUT2D eigenvalue weighted by atomic mass is 9.73. The average Bonchev–Trinajstić information content (AvgIpc) is 2.51. The number of rotatable bonds is 3. The molecule has 4 aliphatic carbocycles. The first kappa shape index (κ1) is 9.47. The number of halogens is 1. The largest absolute Gasteiger partial charge is 0.366 e. The first-order valence-electron chi connectivity index (χ1n) is 5.89. The van der Waals surface area contributed by atoms with E-state index in [9.17, 15) is 0 Å². The first-order chi connectivity index (χ1) is 6.72. The topological polar surface area (TPSA) is 9.23 Å². The molecule has 80 valence electrons. The molecule has 0 aromatic carbocycles. The molecule has 4 saturated carbocycles. The Balaban J connectivity index is 1.77. The van der Waals surface area contributed by atoms with Gasteiger partial charge in [-0.1, -0.05) is 11.6 Å². The van der Waals surface area contributed by atoms with Crippen molar-refractivity contribution in [2.75, 3.05) is 7.11 Å². The maximum absolute atomic E-state index is 6.15. The third kappa shape index (κ3) is 1.25. The van der Waals surface area contributed by atoms with Gasteiger partial charge < -0.3 is 4.74 Å². The molecule has 4 aliphatic rings. The molecular weight excluding hydrogens is 196 g/mol. The van der Waals surface area contributed by atoms with E-state index in [0.717, 1.165) is 24.2 Å². The monoisotopic (exact) mass is 214 g/mol. The Bertz CT molecular complexity index is 226. The third-order valence-corrected chi connectivity index (χ3v) is 5.31. The second-order valence-electron chi connectivity index (χ2n) is 5.76. The van der Waals surface area contributed by atoms with Crippen LogP contribution in [0.1, 0.15) is 38.5 Å². The van der Waals surface area contributed by atoms with Gasteiger partial charge in [0.1, 0.15) is 5.56 Å². The molecule has 0 aromatic rings. The molecule has 3 unspecified atom stereocenters. The number of ether oxygens (including phenoxy) is 1. The maximum Gasteiger partial charge on any atom is 0.131 e. The normalized spacial score (nSPS) is 51.4. The van der Waals surface area contributed by atoms with Crippen molar-refractivity contribution in [2.45, 2.75) is 44.1 Å². The SMILES string of the molecule is COC(Cl)CC12CC3CC(CC1C3)C2. The summed E-state index contributed by atoms with van der Waals surface area (Å²) >= 11 is 6.15.